The van der Waals surface area contributed by atoms with Crippen molar-refractivity contribution >= 4 is 11.9 Å². The van der Waals surface area contributed by atoms with Crippen LogP contribution < -0.4 is 10.6 Å². The molecule has 1 unspecified atom stereocenters. The number of carboxylic acids is 1. The van der Waals surface area contributed by atoms with Crippen molar-refractivity contribution in [3.8, 4) is 0 Å². The van der Waals surface area contributed by atoms with Crippen molar-refractivity contribution in [2.45, 2.75) is 31.0 Å². The van der Waals surface area contributed by atoms with Crippen LogP contribution >= 0.6 is 0 Å². The molecule has 1 aliphatic heterocycles. The maximum atomic E-state index is 12.0. The first-order chi connectivity index (χ1) is 8.61. The number of aromatic carboxylic acids is 1. The number of amides is 1. The minimum atomic E-state index is -1.00. The van der Waals surface area contributed by atoms with Crippen molar-refractivity contribution in [1.82, 2.24) is 10.6 Å². The summed E-state index contributed by atoms with van der Waals surface area (Å²) < 4.78 is 0. The zero-order chi connectivity index (χ0) is 12.8. The summed E-state index contributed by atoms with van der Waals surface area (Å²) in [5.41, 5.74) is 0.417. The van der Waals surface area contributed by atoms with Crippen LogP contribution in [0.5, 0.6) is 0 Å². The van der Waals surface area contributed by atoms with E-state index in [9.17, 15) is 9.59 Å². The van der Waals surface area contributed by atoms with Gasteiger partial charge in [0.15, 0.2) is 0 Å². The third-order valence-electron chi connectivity index (χ3n) is 3.75. The van der Waals surface area contributed by atoms with Crippen LogP contribution in [0.25, 0.3) is 0 Å². The van der Waals surface area contributed by atoms with Crippen molar-refractivity contribution in [3.63, 3.8) is 0 Å². The molecule has 1 aromatic rings. The van der Waals surface area contributed by atoms with Crippen LogP contribution in [0.15, 0.2) is 24.3 Å². The van der Waals surface area contributed by atoms with E-state index in [4.69, 9.17) is 5.11 Å². The molecule has 5 nitrogen and oxygen atoms in total. The molecule has 94 valence electrons. The normalized spacial score (nSPS) is 24.7. The number of hydrogen-bond donors (Lipinski definition) is 3. The van der Waals surface area contributed by atoms with Crippen molar-refractivity contribution in [2.24, 2.45) is 0 Å². The highest BCUT2D eigenvalue weighted by atomic mass is 16.4. The monoisotopic (exact) mass is 246 g/mol. The van der Waals surface area contributed by atoms with Crippen LogP contribution in [-0.4, -0.2) is 22.6 Å². The Kier molecular flexibility index (Phi) is 2.38. The van der Waals surface area contributed by atoms with Gasteiger partial charge in [0.1, 0.15) is 6.04 Å². The Morgan fingerprint density at radius 2 is 2.06 bits per heavy atom. The third-order valence-corrected chi connectivity index (χ3v) is 3.75. The van der Waals surface area contributed by atoms with Crippen molar-refractivity contribution in [2.75, 3.05) is 0 Å². The Morgan fingerprint density at radius 1 is 1.33 bits per heavy atom. The molecule has 1 aromatic carbocycles. The lowest BCUT2D eigenvalue weighted by molar-refractivity contribution is -0.121. The molecule has 1 aliphatic carbocycles. The molecule has 18 heavy (non-hydrogen) atoms. The van der Waals surface area contributed by atoms with Gasteiger partial charge in [0.2, 0.25) is 5.91 Å². The van der Waals surface area contributed by atoms with Gasteiger partial charge in [-0.2, -0.15) is 0 Å². The minimum Gasteiger partial charge on any atom is -0.478 e. The fourth-order valence-electron chi connectivity index (χ4n) is 2.65. The van der Waals surface area contributed by atoms with E-state index in [1.807, 2.05) is 0 Å². The molecular formula is C13H14N2O3. The second-order valence-electron chi connectivity index (χ2n) is 4.89. The summed E-state index contributed by atoms with van der Waals surface area (Å²) in [5.74, 6) is -1.14. The fourth-order valence-corrected chi connectivity index (χ4v) is 2.65. The van der Waals surface area contributed by atoms with Gasteiger partial charge >= 0.3 is 5.97 Å². The zero-order valence-corrected chi connectivity index (χ0v) is 9.77. The van der Waals surface area contributed by atoms with E-state index in [-0.39, 0.29) is 17.1 Å². The van der Waals surface area contributed by atoms with Gasteiger partial charge < -0.3 is 10.4 Å². The summed E-state index contributed by atoms with van der Waals surface area (Å²) in [5, 5.41) is 15.3. The Balaban J connectivity index is 1.96. The molecule has 0 radical (unpaired) electrons. The first-order valence-corrected chi connectivity index (χ1v) is 6.03. The van der Waals surface area contributed by atoms with Gasteiger partial charge in [-0.1, -0.05) is 18.2 Å². The molecule has 2 aliphatic rings. The number of carboxylic acid groups (broad SMARTS) is 1. The lowest BCUT2D eigenvalue weighted by Crippen LogP contribution is -2.55. The number of nitrogens with one attached hydrogen (secondary N) is 2. The maximum absolute atomic E-state index is 12.0. The molecule has 1 saturated carbocycles. The van der Waals surface area contributed by atoms with E-state index in [0.717, 1.165) is 19.3 Å². The van der Waals surface area contributed by atoms with Crippen LogP contribution in [-0.2, 0) is 4.79 Å². The van der Waals surface area contributed by atoms with E-state index in [1.54, 1.807) is 18.2 Å². The molecule has 5 heteroatoms. The standard InChI is InChI=1S/C13H14N2O3/c16-11-10(14-13(15-11)6-3-7-13)8-4-1-2-5-9(8)12(17)18/h1-2,4-5,10,14H,3,6-7H2,(H,15,16)(H,17,18). The molecule has 0 aromatic heterocycles. The van der Waals surface area contributed by atoms with Gasteiger partial charge in [-0.25, -0.2) is 4.79 Å². The summed E-state index contributed by atoms with van der Waals surface area (Å²) in [7, 11) is 0. The quantitative estimate of drug-likeness (QED) is 0.728. The van der Waals surface area contributed by atoms with Crippen molar-refractivity contribution in [1.29, 1.82) is 0 Å². The van der Waals surface area contributed by atoms with Gasteiger partial charge in [0, 0.05) is 0 Å². The Hall–Kier alpha value is -1.88. The smallest absolute Gasteiger partial charge is 0.336 e. The molecule has 1 spiro atoms. The second kappa shape index (κ2) is 3.81. The van der Waals surface area contributed by atoms with Crippen LogP contribution in [0.4, 0.5) is 0 Å². The van der Waals surface area contributed by atoms with Gasteiger partial charge in [0.25, 0.3) is 0 Å². The lowest BCUT2D eigenvalue weighted by atomic mass is 9.85. The van der Waals surface area contributed by atoms with Gasteiger partial charge in [-0.05, 0) is 30.9 Å². The van der Waals surface area contributed by atoms with Crippen molar-refractivity contribution < 1.29 is 14.7 Å². The van der Waals surface area contributed by atoms with E-state index >= 15 is 0 Å². The fraction of sp³-hybridized carbons (Fsp3) is 0.385. The summed E-state index contributed by atoms with van der Waals surface area (Å²) >= 11 is 0. The van der Waals surface area contributed by atoms with Crippen molar-refractivity contribution in [3.05, 3.63) is 35.4 Å². The minimum absolute atomic E-state index is 0.136. The largest absolute Gasteiger partial charge is 0.478 e. The SMILES string of the molecule is O=C(O)c1ccccc1C1NC2(CCC2)NC1=O. The van der Waals surface area contributed by atoms with Gasteiger partial charge in [-0.15, -0.1) is 0 Å². The first kappa shape index (κ1) is 11.2. The van der Waals surface area contributed by atoms with E-state index < -0.39 is 12.0 Å². The van der Waals surface area contributed by atoms with Crippen LogP contribution in [0, 0.1) is 0 Å². The zero-order valence-electron chi connectivity index (χ0n) is 9.77. The molecule has 1 atom stereocenters. The molecule has 0 bridgehead atoms. The van der Waals surface area contributed by atoms with Gasteiger partial charge in [0.05, 0.1) is 11.2 Å². The maximum Gasteiger partial charge on any atom is 0.336 e. The molecule has 1 amide bonds. The average Bonchev–Trinajstić information content (AvgIpc) is 2.67. The van der Waals surface area contributed by atoms with Crippen LogP contribution in [0.2, 0.25) is 0 Å². The number of carbonyl (C=O) groups is 2. The second-order valence-corrected chi connectivity index (χ2v) is 4.89. The third kappa shape index (κ3) is 1.59. The number of rotatable bonds is 2. The molecule has 2 fully saturated rings. The highest BCUT2D eigenvalue weighted by Crippen LogP contribution is 2.37. The van der Waals surface area contributed by atoms with Crippen LogP contribution in [0.1, 0.15) is 41.2 Å². The number of carbonyl (C=O) groups excluding carboxylic acids is 1. The molecule has 1 heterocycles. The Labute approximate surface area is 104 Å². The Bertz CT molecular complexity index is 523. The highest BCUT2D eigenvalue weighted by molar-refractivity contribution is 5.94. The lowest BCUT2D eigenvalue weighted by Gasteiger charge is -2.38. The first-order valence-electron chi connectivity index (χ1n) is 6.03. The van der Waals surface area contributed by atoms with E-state index in [1.165, 1.54) is 6.07 Å². The van der Waals surface area contributed by atoms with Crippen LogP contribution in [0.3, 0.4) is 0 Å². The summed E-state index contributed by atoms with van der Waals surface area (Å²) in [6.07, 6.45) is 2.90. The summed E-state index contributed by atoms with van der Waals surface area (Å²) in [4.78, 5) is 23.2. The molecular weight excluding hydrogens is 232 g/mol. The molecule has 3 rings (SSSR count). The number of benzene rings is 1. The van der Waals surface area contributed by atoms with E-state index in [0.29, 0.717) is 5.56 Å². The predicted molar refractivity (Wildman–Crippen MR) is 64.0 cm³/mol. The highest BCUT2D eigenvalue weighted by Gasteiger charge is 2.48. The molecule has 1 saturated heterocycles. The van der Waals surface area contributed by atoms with Gasteiger partial charge in [-0.3, -0.25) is 10.1 Å². The number of hydrogen-bond acceptors (Lipinski definition) is 3. The average molecular weight is 246 g/mol. The topological polar surface area (TPSA) is 78.4 Å². The Morgan fingerprint density at radius 3 is 2.61 bits per heavy atom. The van der Waals surface area contributed by atoms with E-state index in [2.05, 4.69) is 10.6 Å². The summed E-state index contributed by atoms with van der Waals surface area (Å²) in [6.45, 7) is 0. The predicted octanol–water partition coefficient (Wildman–Crippen LogP) is 1.03. The summed E-state index contributed by atoms with van der Waals surface area (Å²) in [6, 6.07) is 6.08. The molecule has 3 N–H and O–H groups in total.